The predicted octanol–water partition coefficient (Wildman–Crippen LogP) is 0.558. The van der Waals surface area contributed by atoms with Crippen LogP contribution in [0.4, 0.5) is 0 Å². The average molecular weight is 342 g/mol. The number of hydrogen-bond donors (Lipinski definition) is 2. The molecule has 0 aliphatic carbocycles. The summed E-state index contributed by atoms with van der Waals surface area (Å²) in [5.41, 5.74) is 4.29. The molecule has 0 aliphatic rings. The largest absolute Gasteiger partial charge is 2.00 e. The molecule has 0 aromatic heterocycles. The van der Waals surface area contributed by atoms with Gasteiger partial charge in [-0.05, 0) is 12.8 Å². The molecular weight excluding hydrogens is 320 g/mol. The maximum Gasteiger partial charge on any atom is 2.00 e. The average Bonchev–Trinajstić information content (AvgIpc) is 2.16. The van der Waals surface area contributed by atoms with Crippen molar-refractivity contribution < 1.29 is 27.3 Å². The van der Waals surface area contributed by atoms with Crippen molar-refractivity contribution in [2.45, 2.75) is 58.4 Å². The molecule has 0 saturated heterocycles. The molecule has 3 N–H and O–H groups in total. The Balaban J connectivity index is -0.000000392. The van der Waals surface area contributed by atoms with E-state index in [9.17, 15) is 5.11 Å². The standard InChI is InChI=1S/C10H21NOS.CH3NOS.Cu/c1-3-5-6-8-9(7-4-2)11-10(12)13;2-1(3)4;/h9H,3-8H2,1-2H3,(H2,11,12,13);(H3,2,3,4);/q;;+2/p-2. The zero-order valence-electron chi connectivity index (χ0n) is 10.8. The fourth-order valence-corrected chi connectivity index (χ4v) is 1.61. The van der Waals surface area contributed by atoms with Crippen LogP contribution in [0.2, 0.25) is 0 Å². The molecule has 18 heavy (non-hydrogen) atoms. The van der Waals surface area contributed by atoms with Crippen LogP contribution >= 0.6 is 24.4 Å². The maximum absolute atomic E-state index is 10.7. The minimum atomic E-state index is -0.750. The zero-order valence-corrected chi connectivity index (χ0v) is 13.4. The van der Waals surface area contributed by atoms with Crippen LogP contribution in [0.25, 0.3) is 0 Å². The first-order valence-corrected chi connectivity index (χ1v) is 6.69. The molecule has 0 aliphatic heterocycles. The third-order valence-corrected chi connectivity index (χ3v) is 2.23. The van der Waals surface area contributed by atoms with Gasteiger partial charge in [0.15, 0.2) is 0 Å². The first kappa shape index (κ1) is 23.0. The Hall–Kier alpha value is -0.101. The fraction of sp³-hybridized carbons (Fsp3) is 0.818. The van der Waals surface area contributed by atoms with Gasteiger partial charge >= 0.3 is 17.1 Å². The van der Waals surface area contributed by atoms with Crippen molar-refractivity contribution in [3.63, 3.8) is 0 Å². The summed E-state index contributed by atoms with van der Waals surface area (Å²) >= 11 is 8.26. The molecule has 0 fully saturated rings. The van der Waals surface area contributed by atoms with Crippen LogP contribution in [-0.2, 0) is 17.1 Å². The van der Waals surface area contributed by atoms with E-state index < -0.39 is 5.17 Å². The van der Waals surface area contributed by atoms with Gasteiger partial charge in [0.05, 0.1) is 0 Å². The molecule has 1 atom stereocenters. The number of nitrogens with two attached hydrogens (primary N) is 1. The number of thiocarbonyl (C=S) groups is 2. The summed E-state index contributed by atoms with van der Waals surface area (Å²) in [5.74, 6) is 0. The van der Waals surface area contributed by atoms with Crippen LogP contribution < -0.4 is 21.3 Å². The first-order valence-electron chi connectivity index (χ1n) is 5.87. The molecule has 111 valence electrons. The maximum atomic E-state index is 10.7. The van der Waals surface area contributed by atoms with E-state index in [0.29, 0.717) is 6.04 Å². The van der Waals surface area contributed by atoms with Crippen LogP contribution in [0, 0.1) is 0 Å². The van der Waals surface area contributed by atoms with Gasteiger partial charge in [0.1, 0.15) is 0 Å². The van der Waals surface area contributed by atoms with Crippen LogP contribution in [0.5, 0.6) is 0 Å². The van der Waals surface area contributed by atoms with Crippen molar-refractivity contribution in [3.8, 4) is 0 Å². The number of rotatable bonds is 7. The van der Waals surface area contributed by atoms with Gasteiger partial charge in [-0.15, -0.1) is 0 Å². The summed E-state index contributed by atoms with van der Waals surface area (Å²) in [7, 11) is 0. The number of unbranched alkanes of at least 4 members (excludes halogenated alkanes) is 2. The summed E-state index contributed by atoms with van der Waals surface area (Å²) in [6, 6.07) is 0.307. The van der Waals surface area contributed by atoms with Crippen LogP contribution in [0.15, 0.2) is 0 Å². The quantitative estimate of drug-likeness (QED) is 0.400. The number of nitrogens with one attached hydrogen (secondary N) is 1. The third kappa shape index (κ3) is 24.9. The molecule has 0 amide bonds. The molecule has 7 heteroatoms. The smallest absolute Gasteiger partial charge is 0.852 e. The third-order valence-electron chi connectivity index (χ3n) is 2.12. The minimum Gasteiger partial charge on any atom is -0.852 e. The van der Waals surface area contributed by atoms with Gasteiger partial charge in [-0.2, -0.15) is 0 Å². The fourth-order valence-electron chi connectivity index (χ4n) is 1.44. The summed E-state index contributed by atoms with van der Waals surface area (Å²) < 4.78 is 0. The van der Waals surface area contributed by atoms with E-state index in [1.54, 1.807) is 0 Å². The van der Waals surface area contributed by atoms with Gasteiger partial charge in [-0.25, -0.2) is 0 Å². The molecule has 0 saturated carbocycles. The topological polar surface area (TPSA) is 84.2 Å². The Labute approximate surface area is 131 Å². The molecule has 0 heterocycles. The van der Waals surface area contributed by atoms with Crippen LogP contribution in [0.3, 0.4) is 0 Å². The van der Waals surface area contributed by atoms with Crippen LogP contribution in [0.1, 0.15) is 52.4 Å². The molecule has 0 spiro atoms. The second kappa shape index (κ2) is 16.9. The predicted molar refractivity (Wildman–Crippen MR) is 75.4 cm³/mol. The normalized spacial score (nSPS) is 10.3. The van der Waals surface area contributed by atoms with Gasteiger partial charge < -0.3 is 21.3 Å². The van der Waals surface area contributed by atoms with Gasteiger partial charge in [-0.3, -0.25) is 0 Å². The minimum absolute atomic E-state index is 0. The molecule has 1 radical (unpaired) electrons. The first-order chi connectivity index (χ1) is 7.93. The Morgan fingerprint density at radius 2 is 1.61 bits per heavy atom. The monoisotopic (exact) mass is 341 g/mol. The Morgan fingerprint density at radius 3 is 1.94 bits per heavy atom. The van der Waals surface area contributed by atoms with Crippen molar-refractivity contribution in [3.05, 3.63) is 0 Å². The van der Waals surface area contributed by atoms with E-state index in [-0.39, 0.29) is 22.2 Å². The van der Waals surface area contributed by atoms with Gasteiger partial charge in [0.2, 0.25) is 0 Å². The van der Waals surface area contributed by atoms with Crippen molar-refractivity contribution in [2.75, 3.05) is 0 Å². The molecular formula is C11H22CuN2O2S2. The Morgan fingerprint density at radius 1 is 1.11 bits per heavy atom. The Bertz CT molecular complexity index is 215. The van der Waals surface area contributed by atoms with Gasteiger partial charge in [-0.1, -0.05) is 64.0 Å². The van der Waals surface area contributed by atoms with Crippen molar-refractivity contribution in [2.24, 2.45) is 5.73 Å². The molecule has 0 rings (SSSR count). The van der Waals surface area contributed by atoms with Crippen LogP contribution in [-0.4, -0.2) is 16.4 Å². The zero-order chi connectivity index (χ0) is 13.7. The van der Waals surface area contributed by atoms with E-state index in [2.05, 4.69) is 49.3 Å². The molecule has 0 aromatic rings. The molecule has 0 bridgehead atoms. The SMILES string of the molecule is CCCCCC(CCC)NC([O-])=S.NC([O-])=S.[Cu+2]. The van der Waals surface area contributed by atoms with E-state index in [0.717, 1.165) is 19.3 Å². The van der Waals surface area contributed by atoms with Crippen molar-refractivity contribution >= 4 is 34.8 Å². The van der Waals surface area contributed by atoms with Crippen molar-refractivity contribution in [1.29, 1.82) is 0 Å². The number of hydrogen-bond acceptors (Lipinski definition) is 4. The van der Waals surface area contributed by atoms with E-state index in [1.165, 1.54) is 19.3 Å². The summed E-state index contributed by atoms with van der Waals surface area (Å²) in [6.45, 7) is 4.31. The second-order valence-corrected chi connectivity index (χ2v) is 4.51. The molecule has 4 nitrogen and oxygen atoms in total. The van der Waals surface area contributed by atoms with E-state index in [1.807, 2.05) is 0 Å². The van der Waals surface area contributed by atoms with E-state index >= 15 is 0 Å². The van der Waals surface area contributed by atoms with Gasteiger partial charge in [0, 0.05) is 16.4 Å². The molecule has 0 aromatic carbocycles. The van der Waals surface area contributed by atoms with Crippen molar-refractivity contribution in [1.82, 2.24) is 5.32 Å². The summed E-state index contributed by atoms with van der Waals surface area (Å²) in [5, 5.41) is 21.5. The van der Waals surface area contributed by atoms with Gasteiger partial charge in [0.25, 0.3) is 0 Å². The van der Waals surface area contributed by atoms with E-state index in [4.69, 9.17) is 5.11 Å². The Kier molecular flexibility index (Phi) is 21.6. The second-order valence-electron chi connectivity index (χ2n) is 3.73. The summed E-state index contributed by atoms with van der Waals surface area (Å²) in [4.78, 5) is 0. The molecule has 1 unspecified atom stereocenters. The summed E-state index contributed by atoms with van der Waals surface area (Å²) in [6.07, 6.45) is 6.88.